The molecule has 0 amide bonds. The van der Waals surface area contributed by atoms with Gasteiger partial charge in [-0.05, 0) is 66.5 Å². The van der Waals surface area contributed by atoms with E-state index < -0.39 is 10.0 Å². The Labute approximate surface area is 188 Å². The summed E-state index contributed by atoms with van der Waals surface area (Å²) in [6.45, 7) is 4.99. The topological polar surface area (TPSA) is 74.1 Å². The Balaban J connectivity index is 1.59. The number of aromatic nitrogens is 1. The van der Waals surface area contributed by atoms with E-state index in [-0.39, 0.29) is 5.25 Å². The lowest BCUT2D eigenvalue weighted by Crippen LogP contribution is -2.40. The Bertz CT molecular complexity index is 1180. The molecule has 1 aliphatic heterocycles. The minimum atomic E-state index is -3.09. The van der Waals surface area contributed by atoms with Crippen LogP contribution in [0.3, 0.4) is 0 Å². The first-order valence-corrected chi connectivity index (χ1v) is 12.8. The molecule has 1 aliphatic carbocycles. The molecule has 2 fully saturated rings. The molecule has 0 spiro atoms. The van der Waals surface area contributed by atoms with Crippen LogP contribution in [0.5, 0.6) is 0 Å². The van der Waals surface area contributed by atoms with Crippen LogP contribution in [0.4, 0.5) is 0 Å². The molecular formula is C24H25N3O2S2. The molecule has 5 nitrogen and oxygen atoms in total. The fourth-order valence-electron chi connectivity index (χ4n) is 3.89. The van der Waals surface area contributed by atoms with E-state index in [1.54, 1.807) is 34.4 Å². The second kappa shape index (κ2) is 9.39. The van der Waals surface area contributed by atoms with E-state index in [0.717, 1.165) is 52.5 Å². The molecular weight excluding hydrogens is 426 g/mol. The van der Waals surface area contributed by atoms with Gasteiger partial charge in [-0.3, -0.25) is 4.98 Å². The van der Waals surface area contributed by atoms with Crippen molar-refractivity contribution < 1.29 is 8.42 Å². The van der Waals surface area contributed by atoms with E-state index in [9.17, 15) is 8.42 Å². The van der Waals surface area contributed by atoms with Crippen molar-refractivity contribution >= 4 is 38.1 Å². The molecule has 7 heteroatoms. The smallest absolute Gasteiger partial charge is 0.216 e. The van der Waals surface area contributed by atoms with Gasteiger partial charge in [0, 0.05) is 47.1 Å². The first-order valence-electron chi connectivity index (χ1n) is 10.5. The molecule has 2 aliphatic rings. The molecule has 1 aromatic carbocycles. The van der Waals surface area contributed by atoms with Gasteiger partial charge in [-0.15, -0.1) is 11.8 Å². The lowest BCUT2D eigenvalue weighted by Gasteiger charge is -2.31. The van der Waals surface area contributed by atoms with Crippen molar-refractivity contribution in [2.45, 2.75) is 41.1 Å². The van der Waals surface area contributed by atoms with Gasteiger partial charge >= 0.3 is 0 Å². The van der Waals surface area contributed by atoms with Crippen LogP contribution in [0, 0.1) is 11.3 Å². The van der Waals surface area contributed by atoms with Crippen molar-refractivity contribution in [1.29, 1.82) is 5.26 Å². The number of hydrogen-bond acceptors (Lipinski definition) is 5. The lowest BCUT2D eigenvalue weighted by atomic mass is 10.0. The van der Waals surface area contributed by atoms with Crippen LogP contribution in [0.25, 0.3) is 16.3 Å². The molecule has 31 heavy (non-hydrogen) atoms. The van der Waals surface area contributed by atoms with Crippen molar-refractivity contribution in [2.24, 2.45) is 0 Å². The number of sulfonamides is 1. The van der Waals surface area contributed by atoms with E-state index in [1.165, 1.54) is 6.08 Å². The summed E-state index contributed by atoms with van der Waals surface area (Å²) >= 11 is 1.80. The second-order valence-electron chi connectivity index (χ2n) is 7.85. The largest absolute Gasteiger partial charge is 0.264 e. The summed E-state index contributed by atoms with van der Waals surface area (Å²) in [7, 11) is -3.09. The van der Waals surface area contributed by atoms with Gasteiger partial charge in [0.05, 0.1) is 11.3 Å². The van der Waals surface area contributed by atoms with E-state index in [4.69, 9.17) is 5.26 Å². The third kappa shape index (κ3) is 4.93. The fourth-order valence-corrected chi connectivity index (χ4v) is 7.06. The molecule has 160 valence electrons. The summed E-state index contributed by atoms with van der Waals surface area (Å²) in [6.07, 6.45) is 13.8. The summed E-state index contributed by atoms with van der Waals surface area (Å²) in [6, 6.07) is 8.28. The number of hydrogen-bond donors (Lipinski definition) is 0. The van der Waals surface area contributed by atoms with Gasteiger partial charge < -0.3 is 0 Å². The second-order valence-corrected chi connectivity index (χ2v) is 11.4. The molecule has 2 heterocycles. The Morgan fingerprint density at radius 2 is 2.03 bits per heavy atom. The van der Waals surface area contributed by atoms with Crippen LogP contribution in [0.2, 0.25) is 0 Å². The molecule has 1 saturated heterocycles. The first kappa shape index (κ1) is 21.8. The third-order valence-corrected chi connectivity index (χ3v) is 9.48. The Hall–Kier alpha value is -2.40. The van der Waals surface area contributed by atoms with Crippen molar-refractivity contribution in [3.05, 3.63) is 67.0 Å². The predicted molar refractivity (Wildman–Crippen MR) is 127 cm³/mol. The van der Waals surface area contributed by atoms with Crippen molar-refractivity contribution in [3.8, 4) is 6.07 Å². The Kier molecular flexibility index (Phi) is 6.61. The van der Waals surface area contributed by atoms with Gasteiger partial charge in [0.1, 0.15) is 0 Å². The van der Waals surface area contributed by atoms with Gasteiger partial charge in [-0.1, -0.05) is 18.7 Å². The number of fused-ring (bicyclic) bond motifs is 1. The predicted octanol–water partition coefficient (Wildman–Crippen LogP) is 4.93. The monoisotopic (exact) mass is 451 g/mol. The standard InChI is InChI=1S/C24H25N3O2S2/c1-2-4-18(5-3-11-25)20-15-19-8-12-26-17-23(19)24(16-20)30-21-9-13-27(14-10-21)31(28,29)22-6-7-22/h2-5,8,12,15-17,21-22H,1,6-7,9-10,13-14H2/b5-3+,18-4+. The number of piperidine rings is 1. The maximum absolute atomic E-state index is 12.5. The van der Waals surface area contributed by atoms with Crippen molar-refractivity contribution in [1.82, 2.24) is 9.29 Å². The van der Waals surface area contributed by atoms with Crippen molar-refractivity contribution in [3.63, 3.8) is 0 Å². The fraction of sp³-hybridized carbons (Fsp3) is 0.333. The molecule has 1 aromatic heterocycles. The van der Waals surface area contributed by atoms with E-state index in [0.29, 0.717) is 18.3 Å². The number of pyridine rings is 1. The minimum absolute atomic E-state index is 0.139. The highest BCUT2D eigenvalue weighted by Crippen LogP contribution is 2.39. The molecule has 0 bridgehead atoms. The van der Waals surface area contributed by atoms with Crippen LogP contribution < -0.4 is 0 Å². The highest BCUT2D eigenvalue weighted by Gasteiger charge is 2.41. The summed E-state index contributed by atoms with van der Waals surface area (Å²) in [4.78, 5) is 5.44. The van der Waals surface area contributed by atoms with Gasteiger partial charge in [0.25, 0.3) is 0 Å². The van der Waals surface area contributed by atoms with Crippen LogP contribution in [-0.4, -0.2) is 41.3 Å². The number of nitrogens with zero attached hydrogens (tertiary/aromatic N) is 3. The van der Waals surface area contributed by atoms with E-state index in [1.807, 2.05) is 24.4 Å². The zero-order valence-corrected chi connectivity index (χ0v) is 18.9. The maximum Gasteiger partial charge on any atom is 0.216 e. The average molecular weight is 452 g/mol. The SMILES string of the molecule is C=C/C=C(\C=C\C#N)c1cc(SC2CCN(S(=O)(=O)C3CC3)CC2)c2cnccc2c1. The highest BCUT2D eigenvalue weighted by atomic mass is 32.2. The summed E-state index contributed by atoms with van der Waals surface area (Å²) in [5.41, 5.74) is 1.93. The zero-order valence-electron chi connectivity index (χ0n) is 17.3. The first-order chi connectivity index (χ1) is 15.0. The summed E-state index contributed by atoms with van der Waals surface area (Å²) in [5, 5.41) is 11.3. The van der Waals surface area contributed by atoms with Gasteiger partial charge in [0.2, 0.25) is 10.0 Å². The molecule has 0 radical (unpaired) electrons. The Morgan fingerprint density at radius 3 is 2.71 bits per heavy atom. The lowest BCUT2D eigenvalue weighted by molar-refractivity contribution is 0.352. The normalized spacial score (nSPS) is 19.0. The molecule has 1 saturated carbocycles. The quantitative estimate of drug-likeness (QED) is 0.441. The number of benzene rings is 1. The summed E-state index contributed by atoms with van der Waals surface area (Å²) < 4.78 is 26.7. The maximum atomic E-state index is 12.5. The van der Waals surface area contributed by atoms with Gasteiger partial charge in [-0.2, -0.15) is 5.26 Å². The molecule has 0 atom stereocenters. The molecule has 0 unspecified atom stereocenters. The third-order valence-electron chi connectivity index (χ3n) is 5.69. The van der Waals surface area contributed by atoms with E-state index in [2.05, 4.69) is 23.7 Å². The van der Waals surface area contributed by atoms with Gasteiger partial charge in [-0.25, -0.2) is 12.7 Å². The van der Waals surface area contributed by atoms with Crippen molar-refractivity contribution in [2.75, 3.05) is 13.1 Å². The Morgan fingerprint density at radius 1 is 1.26 bits per heavy atom. The van der Waals surface area contributed by atoms with Crippen LogP contribution in [0.15, 0.2) is 66.4 Å². The number of thioether (sulfide) groups is 1. The van der Waals surface area contributed by atoms with Crippen LogP contribution in [0.1, 0.15) is 31.2 Å². The average Bonchev–Trinajstić information content (AvgIpc) is 3.63. The number of allylic oxidation sites excluding steroid dienone is 5. The summed E-state index contributed by atoms with van der Waals surface area (Å²) in [5.74, 6) is 0. The highest BCUT2D eigenvalue weighted by molar-refractivity contribution is 8.00. The van der Waals surface area contributed by atoms with Gasteiger partial charge in [0.15, 0.2) is 0 Å². The zero-order chi connectivity index (χ0) is 21.8. The number of nitriles is 1. The molecule has 4 rings (SSSR count). The molecule has 0 N–H and O–H groups in total. The minimum Gasteiger partial charge on any atom is -0.264 e. The van der Waals surface area contributed by atoms with Crippen LogP contribution in [-0.2, 0) is 10.0 Å². The number of rotatable bonds is 7. The van der Waals surface area contributed by atoms with Crippen LogP contribution >= 0.6 is 11.8 Å². The molecule has 2 aromatic rings. The van der Waals surface area contributed by atoms with E-state index >= 15 is 0 Å².